The van der Waals surface area contributed by atoms with Crippen molar-refractivity contribution < 1.29 is 8.42 Å². The number of hydrogen-bond donors (Lipinski definition) is 1. The molecule has 11 heteroatoms. The fourth-order valence-electron chi connectivity index (χ4n) is 2.51. The molecule has 4 aromatic heterocycles. The lowest BCUT2D eigenvalue weighted by atomic mass is 10.2. The van der Waals surface area contributed by atoms with Gasteiger partial charge in [-0.2, -0.15) is 15.3 Å². The van der Waals surface area contributed by atoms with Crippen molar-refractivity contribution in [3.63, 3.8) is 0 Å². The standard InChI is InChI=1S/C15H13N7O3S/c1-21-9-12(6-18-21)26(24,25)14-4-10-5-19-22(8-11-2-3-17-20-11)15(23)13(10)7-16-14/h2-7,9H,8H2,1H3,(H,17,20). The lowest BCUT2D eigenvalue weighted by Gasteiger charge is -2.06. The molecule has 26 heavy (non-hydrogen) atoms. The lowest BCUT2D eigenvalue weighted by molar-refractivity contribution is 0.592. The van der Waals surface area contributed by atoms with Gasteiger partial charge in [-0.25, -0.2) is 18.1 Å². The van der Waals surface area contributed by atoms with Crippen LogP contribution >= 0.6 is 0 Å². The molecule has 0 bridgehead atoms. The Morgan fingerprint density at radius 1 is 1.19 bits per heavy atom. The molecular formula is C15H13N7O3S. The van der Waals surface area contributed by atoms with Gasteiger partial charge in [0.15, 0.2) is 5.03 Å². The number of nitrogens with one attached hydrogen (secondary N) is 1. The van der Waals surface area contributed by atoms with Crippen molar-refractivity contribution in [3.05, 3.63) is 59.2 Å². The molecule has 0 radical (unpaired) electrons. The summed E-state index contributed by atoms with van der Waals surface area (Å²) < 4.78 is 27.9. The van der Waals surface area contributed by atoms with Crippen molar-refractivity contribution in [2.45, 2.75) is 16.5 Å². The molecule has 0 saturated heterocycles. The highest BCUT2D eigenvalue weighted by molar-refractivity contribution is 7.91. The van der Waals surface area contributed by atoms with E-state index in [4.69, 9.17) is 0 Å². The third-order valence-corrected chi connectivity index (χ3v) is 5.45. The Hall–Kier alpha value is -3.34. The minimum atomic E-state index is -3.82. The van der Waals surface area contributed by atoms with E-state index in [0.29, 0.717) is 11.1 Å². The van der Waals surface area contributed by atoms with Crippen molar-refractivity contribution in [1.82, 2.24) is 34.7 Å². The molecule has 0 aliphatic heterocycles. The zero-order valence-corrected chi connectivity index (χ0v) is 14.4. The zero-order chi connectivity index (χ0) is 18.3. The average Bonchev–Trinajstić information content (AvgIpc) is 3.29. The molecule has 4 aromatic rings. The second-order valence-corrected chi connectivity index (χ2v) is 7.53. The van der Waals surface area contributed by atoms with E-state index in [9.17, 15) is 13.2 Å². The van der Waals surface area contributed by atoms with Gasteiger partial charge in [0.05, 0.1) is 30.0 Å². The maximum absolute atomic E-state index is 12.6. The van der Waals surface area contributed by atoms with Gasteiger partial charge in [-0.1, -0.05) is 0 Å². The van der Waals surface area contributed by atoms with E-state index < -0.39 is 9.84 Å². The second-order valence-electron chi connectivity index (χ2n) is 5.64. The summed E-state index contributed by atoms with van der Waals surface area (Å²) in [6.07, 6.45) is 6.98. The van der Waals surface area contributed by atoms with E-state index >= 15 is 0 Å². The van der Waals surface area contributed by atoms with Crippen LogP contribution in [0.5, 0.6) is 0 Å². The fraction of sp³-hybridized carbons (Fsp3) is 0.133. The highest BCUT2D eigenvalue weighted by Gasteiger charge is 2.22. The molecule has 4 rings (SSSR count). The summed E-state index contributed by atoms with van der Waals surface area (Å²) >= 11 is 0. The molecule has 0 amide bonds. The molecule has 0 atom stereocenters. The van der Waals surface area contributed by atoms with Crippen LogP contribution < -0.4 is 5.56 Å². The van der Waals surface area contributed by atoms with Gasteiger partial charge in [-0.15, -0.1) is 0 Å². The molecule has 0 unspecified atom stereocenters. The largest absolute Gasteiger partial charge is 0.285 e. The van der Waals surface area contributed by atoms with Crippen molar-refractivity contribution in [2.24, 2.45) is 7.05 Å². The second kappa shape index (κ2) is 5.88. The summed E-state index contributed by atoms with van der Waals surface area (Å²) in [5.41, 5.74) is 0.283. The molecule has 4 heterocycles. The Morgan fingerprint density at radius 2 is 2.04 bits per heavy atom. The monoisotopic (exact) mass is 371 g/mol. The summed E-state index contributed by atoms with van der Waals surface area (Å²) in [6, 6.07) is 3.07. The van der Waals surface area contributed by atoms with Crippen molar-refractivity contribution >= 4 is 20.6 Å². The lowest BCUT2D eigenvalue weighted by Crippen LogP contribution is -2.23. The van der Waals surface area contributed by atoms with Crippen LogP contribution in [0.2, 0.25) is 0 Å². The maximum Gasteiger partial charge on any atom is 0.276 e. The number of aromatic amines is 1. The fourth-order valence-corrected chi connectivity index (χ4v) is 3.70. The van der Waals surface area contributed by atoms with Crippen LogP contribution in [0.1, 0.15) is 5.69 Å². The molecule has 0 aliphatic carbocycles. The molecule has 0 aliphatic rings. The first-order valence-electron chi connectivity index (χ1n) is 7.53. The number of rotatable bonds is 4. The predicted octanol–water partition coefficient (Wildman–Crippen LogP) is 0.129. The van der Waals surface area contributed by atoms with Crippen molar-refractivity contribution in [3.8, 4) is 0 Å². The van der Waals surface area contributed by atoms with E-state index in [-0.39, 0.29) is 27.4 Å². The number of hydrogen-bond acceptors (Lipinski definition) is 7. The third-order valence-electron chi connectivity index (χ3n) is 3.85. The Bertz CT molecular complexity index is 1260. The van der Waals surface area contributed by atoms with Gasteiger partial charge in [0.2, 0.25) is 9.84 Å². The number of pyridine rings is 1. The Labute approximate surface area is 147 Å². The number of fused-ring (bicyclic) bond motifs is 1. The molecule has 132 valence electrons. The number of nitrogens with zero attached hydrogens (tertiary/aromatic N) is 6. The molecule has 10 nitrogen and oxygen atoms in total. The summed E-state index contributed by atoms with van der Waals surface area (Å²) in [5, 5.41) is 15.1. The quantitative estimate of drug-likeness (QED) is 0.540. The maximum atomic E-state index is 12.6. The molecule has 0 fully saturated rings. The Morgan fingerprint density at radius 3 is 2.73 bits per heavy atom. The minimum Gasteiger partial charge on any atom is -0.285 e. The number of aromatic nitrogens is 7. The highest BCUT2D eigenvalue weighted by atomic mass is 32.2. The number of aryl methyl sites for hydroxylation is 1. The van der Waals surface area contributed by atoms with Crippen LogP contribution in [-0.4, -0.2) is 43.2 Å². The molecule has 0 saturated carbocycles. The highest BCUT2D eigenvalue weighted by Crippen LogP contribution is 2.20. The van der Waals surface area contributed by atoms with Gasteiger partial charge in [-0.05, 0) is 12.1 Å². The minimum absolute atomic E-state index is 0.0340. The van der Waals surface area contributed by atoms with Gasteiger partial charge >= 0.3 is 0 Å². The van der Waals surface area contributed by atoms with Crippen molar-refractivity contribution in [1.29, 1.82) is 0 Å². The van der Waals surface area contributed by atoms with Crippen LogP contribution in [0.3, 0.4) is 0 Å². The van der Waals surface area contributed by atoms with Gasteiger partial charge < -0.3 is 0 Å². The van der Waals surface area contributed by atoms with E-state index in [1.54, 1.807) is 19.3 Å². The van der Waals surface area contributed by atoms with E-state index in [1.807, 2.05) is 0 Å². The predicted molar refractivity (Wildman–Crippen MR) is 90.1 cm³/mol. The molecule has 0 aromatic carbocycles. The van der Waals surface area contributed by atoms with Gasteiger partial charge in [0, 0.05) is 31.0 Å². The Balaban J connectivity index is 1.78. The van der Waals surface area contributed by atoms with Gasteiger partial charge in [-0.3, -0.25) is 14.6 Å². The van der Waals surface area contributed by atoms with E-state index in [1.165, 1.54) is 40.2 Å². The summed E-state index contributed by atoms with van der Waals surface area (Å²) in [5.74, 6) is 0. The van der Waals surface area contributed by atoms with E-state index in [0.717, 1.165) is 0 Å². The molecular weight excluding hydrogens is 358 g/mol. The van der Waals surface area contributed by atoms with Crippen LogP contribution in [0.15, 0.2) is 57.8 Å². The van der Waals surface area contributed by atoms with E-state index in [2.05, 4.69) is 25.4 Å². The SMILES string of the molecule is Cn1cc(S(=O)(=O)c2cc3cnn(Cc4cc[nH]n4)c(=O)c3cn2)cn1. The summed E-state index contributed by atoms with van der Waals surface area (Å²) in [4.78, 5) is 16.6. The van der Waals surface area contributed by atoms with Gasteiger partial charge in [0.1, 0.15) is 4.90 Å². The van der Waals surface area contributed by atoms with Crippen LogP contribution in [0.4, 0.5) is 0 Å². The normalized spacial score (nSPS) is 11.9. The topological polar surface area (TPSA) is 128 Å². The number of H-pyrrole nitrogens is 1. The first-order chi connectivity index (χ1) is 12.4. The summed E-state index contributed by atoms with van der Waals surface area (Å²) in [7, 11) is -2.20. The van der Waals surface area contributed by atoms with Crippen molar-refractivity contribution in [2.75, 3.05) is 0 Å². The molecule has 1 N–H and O–H groups in total. The summed E-state index contributed by atoms with van der Waals surface area (Å²) in [6.45, 7) is 0.202. The average molecular weight is 371 g/mol. The Kier molecular flexibility index (Phi) is 3.65. The van der Waals surface area contributed by atoms with Gasteiger partial charge in [0.25, 0.3) is 5.56 Å². The zero-order valence-electron chi connectivity index (χ0n) is 13.6. The smallest absolute Gasteiger partial charge is 0.276 e. The first-order valence-corrected chi connectivity index (χ1v) is 9.02. The number of sulfone groups is 1. The third kappa shape index (κ3) is 2.67. The van der Waals surface area contributed by atoms with Crippen LogP contribution in [0.25, 0.3) is 10.8 Å². The molecule has 0 spiro atoms. The van der Waals surface area contributed by atoms with Crippen LogP contribution in [0, 0.1) is 0 Å². The van der Waals surface area contributed by atoms with Crippen LogP contribution in [-0.2, 0) is 23.4 Å². The first kappa shape index (κ1) is 16.1.